The molecule has 2 saturated carbocycles. The van der Waals surface area contributed by atoms with Crippen LogP contribution in [0.2, 0.25) is 0 Å². The first kappa shape index (κ1) is 14.4. The number of ketones is 1. The van der Waals surface area contributed by atoms with Crippen molar-refractivity contribution in [3.8, 4) is 0 Å². The standard InChI is InChI=1S/C17H23NO3/c1-11-6-7-15(21-11)10-18(2)17(20)14-8-12-4-3-5-13(9-14)16(12)19/h6-7,12-14H,3-5,8-10H2,1-2H3. The van der Waals surface area contributed by atoms with E-state index in [0.29, 0.717) is 12.3 Å². The van der Waals surface area contributed by atoms with Crippen molar-refractivity contribution in [2.24, 2.45) is 17.8 Å². The molecule has 2 aliphatic carbocycles. The molecule has 0 radical (unpaired) electrons. The van der Waals surface area contributed by atoms with Crippen LogP contribution in [0.5, 0.6) is 0 Å². The Morgan fingerprint density at radius 2 is 1.95 bits per heavy atom. The van der Waals surface area contributed by atoms with Crippen LogP contribution < -0.4 is 0 Å². The minimum atomic E-state index is 0.0130. The van der Waals surface area contributed by atoms with Crippen LogP contribution in [0.25, 0.3) is 0 Å². The summed E-state index contributed by atoms with van der Waals surface area (Å²) in [7, 11) is 1.83. The number of rotatable bonds is 3. The Morgan fingerprint density at radius 1 is 1.29 bits per heavy atom. The molecule has 0 aliphatic heterocycles. The molecule has 1 heterocycles. The maximum atomic E-state index is 12.6. The van der Waals surface area contributed by atoms with Crippen molar-refractivity contribution >= 4 is 11.7 Å². The van der Waals surface area contributed by atoms with Crippen molar-refractivity contribution in [3.05, 3.63) is 23.7 Å². The van der Waals surface area contributed by atoms with Crippen molar-refractivity contribution in [1.29, 1.82) is 0 Å². The monoisotopic (exact) mass is 289 g/mol. The molecule has 2 atom stereocenters. The largest absolute Gasteiger partial charge is 0.464 e. The number of hydrogen-bond acceptors (Lipinski definition) is 3. The third kappa shape index (κ3) is 2.89. The summed E-state index contributed by atoms with van der Waals surface area (Å²) in [5.74, 6) is 2.53. The number of amides is 1. The second-order valence-electron chi connectivity index (χ2n) is 6.60. The number of Topliss-reactive ketones (excluding diaryl/α,β-unsaturated/α-hetero) is 1. The highest BCUT2D eigenvalue weighted by Crippen LogP contribution is 2.40. The van der Waals surface area contributed by atoms with Gasteiger partial charge >= 0.3 is 0 Å². The minimum absolute atomic E-state index is 0.0130. The molecule has 2 unspecified atom stereocenters. The zero-order chi connectivity index (χ0) is 15.0. The van der Waals surface area contributed by atoms with Crippen molar-refractivity contribution in [1.82, 2.24) is 4.90 Å². The maximum absolute atomic E-state index is 12.6. The number of carbonyl (C=O) groups is 2. The van der Waals surface area contributed by atoms with Crippen LogP contribution in [0.1, 0.15) is 43.6 Å². The normalized spacial score (nSPS) is 28.5. The van der Waals surface area contributed by atoms with Crippen molar-refractivity contribution in [2.45, 2.75) is 45.6 Å². The zero-order valence-corrected chi connectivity index (χ0v) is 12.8. The number of nitrogens with zero attached hydrogens (tertiary/aromatic N) is 1. The lowest BCUT2D eigenvalue weighted by Gasteiger charge is -2.38. The van der Waals surface area contributed by atoms with Crippen LogP contribution in [0.4, 0.5) is 0 Å². The Bertz CT molecular complexity index is 532. The van der Waals surface area contributed by atoms with E-state index in [4.69, 9.17) is 4.42 Å². The molecule has 4 heteroatoms. The average molecular weight is 289 g/mol. The molecule has 0 N–H and O–H groups in total. The first-order chi connectivity index (χ1) is 10.0. The summed E-state index contributed by atoms with van der Waals surface area (Å²) in [6.07, 6.45) is 4.58. The Labute approximate surface area is 125 Å². The van der Waals surface area contributed by atoms with Gasteiger partial charge in [-0.05, 0) is 44.7 Å². The van der Waals surface area contributed by atoms with Gasteiger partial charge in [-0.25, -0.2) is 0 Å². The van der Waals surface area contributed by atoms with Gasteiger partial charge in [0.15, 0.2) is 0 Å². The Balaban J connectivity index is 1.63. The topological polar surface area (TPSA) is 50.5 Å². The second-order valence-corrected chi connectivity index (χ2v) is 6.60. The highest BCUT2D eigenvalue weighted by Gasteiger charge is 2.41. The summed E-state index contributed by atoms with van der Waals surface area (Å²) in [5.41, 5.74) is 0. The summed E-state index contributed by atoms with van der Waals surface area (Å²) in [5, 5.41) is 0. The smallest absolute Gasteiger partial charge is 0.225 e. The summed E-state index contributed by atoms with van der Waals surface area (Å²) >= 11 is 0. The molecule has 0 aromatic carbocycles. The van der Waals surface area contributed by atoms with Crippen LogP contribution >= 0.6 is 0 Å². The first-order valence-electron chi connectivity index (χ1n) is 7.88. The van der Waals surface area contributed by atoms with Gasteiger partial charge in [0.25, 0.3) is 0 Å². The quantitative estimate of drug-likeness (QED) is 0.859. The fraction of sp³-hybridized carbons (Fsp3) is 0.647. The van der Waals surface area contributed by atoms with Gasteiger partial charge in [0.05, 0.1) is 6.54 Å². The zero-order valence-electron chi connectivity index (χ0n) is 12.8. The number of hydrogen-bond donors (Lipinski definition) is 0. The van der Waals surface area contributed by atoms with Gasteiger partial charge in [-0.3, -0.25) is 9.59 Å². The van der Waals surface area contributed by atoms with Crippen molar-refractivity contribution in [3.63, 3.8) is 0 Å². The van der Waals surface area contributed by atoms with E-state index >= 15 is 0 Å². The number of furan rings is 1. The van der Waals surface area contributed by atoms with Crippen LogP contribution in [-0.4, -0.2) is 23.6 Å². The number of aryl methyl sites for hydroxylation is 1. The fourth-order valence-corrected chi connectivity index (χ4v) is 3.87. The fourth-order valence-electron chi connectivity index (χ4n) is 3.87. The van der Waals surface area contributed by atoms with Gasteiger partial charge in [0, 0.05) is 24.8 Å². The third-order valence-electron chi connectivity index (χ3n) is 4.96. The Hall–Kier alpha value is -1.58. The lowest BCUT2D eigenvalue weighted by molar-refractivity contribution is -0.142. The molecule has 21 heavy (non-hydrogen) atoms. The number of carbonyl (C=O) groups excluding carboxylic acids is 2. The van der Waals surface area contributed by atoms with Gasteiger partial charge < -0.3 is 9.32 Å². The Kier molecular flexibility index (Phi) is 3.87. The maximum Gasteiger partial charge on any atom is 0.225 e. The molecule has 0 spiro atoms. The van der Waals surface area contributed by atoms with Gasteiger partial charge in [0.2, 0.25) is 5.91 Å². The minimum Gasteiger partial charge on any atom is -0.464 e. The average Bonchev–Trinajstić information content (AvgIpc) is 2.83. The van der Waals surface area contributed by atoms with E-state index in [-0.39, 0.29) is 23.7 Å². The van der Waals surface area contributed by atoms with E-state index in [9.17, 15) is 9.59 Å². The molecule has 114 valence electrons. The van der Waals surface area contributed by atoms with Gasteiger partial charge in [-0.2, -0.15) is 0 Å². The lowest BCUT2D eigenvalue weighted by Crippen LogP contribution is -2.42. The van der Waals surface area contributed by atoms with Crippen LogP contribution in [0.3, 0.4) is 0 Å². The lowest BCUT2D eigenvalue weighted by atomic mass is 9.67. The van der Waals surface area contributed by atoms with E-state index in [1.807, 2.05) is 26.1 Å². The molecular formula is C17H23NO3. The van der Waals surface area contributed by atoms with E-state index in [0.717, 1.165) is 43.6 Å². The SMILES string of the molecule is Cc1ccc(CN(C)C(=O)C2CC3CCCC(C2)C3=O)o1. The summed E-state index contributed by atoms with van der Waals surface area (Å²) in [6, 6.07) is 3.83. The van der Waals surface area contributed by atoms with E-state index in [1.165, 1.54) is 0 Å². The molecule has 1 aromatic heterocycles. The molecule has 4 nitrogen and oxygen atoms in total. The summed E-state index contributed by atoms with van der Waals surface area (Å²) in [4.78, 5) is 26.5. The molecule has 0 saturated heterocycles. The highest BCUT2D eigenvalue weighted by atomic mass is 16.3. The Morgan fingerprint density at radius 3 is 2.52 bits per heavy atom. The molecular weight excluding hydrogens is 266 g/mol. The highest BCUT2D eigenvalue weighted by molar-refractivity contribution is 5.88. The van der Waals surface area contributed by atoms with Crippen molar-refractivity contribution < 1.29 is 14.0 Å². The van der Waals surface area contributed by atoms with Crippen molar-refractivity contribution in [2.75, 3.05) is 7.05 Å². The summed E-state index contributed by atoms with van der Waals surface area (Å²) < 4.78 is 5.54. The molecule has 2 fully saturated rings. The number of fused-ring (bicyclic) bond motifs is 2. The molecule has 1 amide bonds. The van der Waals surface area contributed by atoms with E-state index < -0.39 is 0 Å². The summed E-state index contributed by atoms with van der Waals surface area (Å²) in [6.45, 7) is 2.41. The van der Waals surface area contributed by atoms with Crippen LogP contribution in [0, 0.1) is 24.7 Å². The van der Waals surface area contributed by atoms with Crippen LogP contribution in [-0.2, 0) is 16.1 Å². The second kappa shape index (κ2) is 5.66. The molecule has 2 aliphatic rings. The first-order valence-corrected chi connectivity index (χ1v) is 7.88. The van der Waals surface area contributed by atoms with Gasteiger partial charge in [-0.1, -0.05) is 6.42 Å². The molecule has 2 bridgehead atoms. The van der Waals surface area contributed by atoms with E-state index in [1.54, 1.807) is 4.90 Å². The van der Waals surface area contributed by atoms with E-state index in [2.05, 4.69) is 0 Å². The van der Waals surface area contributed by atoms with Gasteiger partial charge in [0.1, 0.15) is 17.3 Å². The molecule has 1 aromatic rings. The van der Waals surface area contributed by atoms with Gasteiger partial charge in [-0.15, -0.1) is 0 Å². The predicted molar refractivity (Wildman–Crippen MR) is 78.5 cm³/mol. The van der Waals surface area contributed by atoms with Crippen LogP contribution in [0.15, 0.2) is 16.5 Å². The third-order valence-corrected chi connectivity index (χ3v) is 4.96. The predicted octanol–water partition coefficient (Wildman–Crippen LogP) is 2.94. The molecule has 3 rings (SSSR count).